The molecule has 0 saturated heterocycles. The number of rotatable bonds is 0. The minimum absolute atomic E-state index is 0.0185. The number of hydrogen-bond acceptors (Lipinski definition) is 3. The molecule has 0 aromatic carbocycles. The minimum atomic E-state index is -0.343. The van der Waals surface area contributed by atoms with Crippen LogP contribution >= 0.6 is 0 Å². The van der Waals surface area contributed by atoms with Gasteiger partial charge in [0.1, 0.15) is 0 Å². The normalized spacial score (nSPS) is 43.3. The molecule has 4 N–H and O–H groups in total. The molecule has 2 atom stereocenters. The third-order valence-corrected chi connectivity index (χ3v) is 0.935. The van der Waals surface area contributed by atoms with Crippen LogP contribution in [0.2, 0.25) is 0 Å². The highest BCUT2D eigenvalue weighted by Crippen LogP contribution is 2.07. The predicted octanol–water partition coefficient (Wildman–Crippen LogP) is -1.78. The van der Waals surface area contributed by atoms with Crippen LogP contribution < -0.4 is 11.5 Å². The largest absolute Gasteiger partial charge is 0.320 e. The number of hydrogen-bond donors (Lipinski definition) is 2. The summed E-state index contributed by atoms with van der Waals surface area (Å²) in [6, 6.07) is -0.685. The van der Waals surface area contributed by atoms with Crippen molar-refractivity contribution in [2.75, 3.05) is 0 Å². The molecule has 1 aliphatic carbocycles. The maximum Gasteiger partial charge on any atom is 0.170 e. The summed E-state index contributed by atoms with van der Waals surface area (Å²) in [6.45, 7) is 0. The van der Waals surface area contributed by atoms with Gasteiger partial charge in [0.25, 0.3) is 0 Å². The lowest BCUT2D eigenvalue weighted by atomic mass is 10.7. The first-order chi connectivity index (χ1) is 2.73. The third-order valence-electron chi connectivity index (χ3n) is 0.935. The summed E-state index contributed by atoms with van der Waals surface area (Å²) >= 11 is 0. The van der Waals surface area contributed by atoms with Crippen LogP contribution in [0, 0.1) is 0 Å². The zero-order valence-corrected chi connectivity index (χ0v) is 3.22. The number of carbonyl (C=O) groups is 1. The van der Waals surface area contributed by atoms with E-state index in [1.807, 2.05) is 0 Å². The topological polar surface area (TPSA) is 69.1 Å². The molecular formula is C3H6N2O. The van der Waals surface area contributed by atoms with Gasteiger partial charge in [-0.25, -0.2) is 0 Å². The van der Waals surface area contributed by atoms with Gasteiger partial charge in [-0.2, -0.15) is 0 Å². The van der Waals surface area contributed by atoms with E-state index in [1.165, 1.54) is 0 Å². The van der Waals surface area contributed by atoms with E-state index in [2.05, 4.69) is 0 Å². The molecular weight excluding hydrogens is 80.0 g/mol. The molecule has 1 saturated carbocycles. The van der Waals surface area contributed by atoms with Gasteiger partial charge in [0.15, 0.2) is 5.78 Å². The fourth-order valence-electron chi connectivity index (χ4n) is 0.279. The highest BCUT2D eigenvalue weighted by atomic mass is 16.1. The molecule has 0 radical (unpaired) electrons. The molecule has 3 nitrogen and oxygen atoms in total. The van der Waals surface area contributed by atoms with Crippen LogP contribution in [-0.4, -0.2) is 17.9 Å². The van der Waals surface area contributed by atoms with E-state index in [9.17, 15) is 4.79 Å². The molecule has 1 aliphatic rings. The fourth-order valence-corrected chi connectivity index (χ4v) is 0.279. The summed E-state index contributed by atoms with van der Waals surface area (Å²) < 4.78 is 0. The van der Waals surface area contributed by atoms with Crippen molar-refractivity contribution in [3.63, 3.8) is 0 Å². The third kappa shape index (κ3) is 0.262. The SMILES string of the molecule is NC1C(=O)C1N. The van der Waals surface area contributed by atoms with Crippen LogP contribution in [0.5, 0.6) is 0 Å². The molecule has 0 aromatic rings. The second kappa shape index (κ2) is 0.802. The Kier molecular flexibility index (Phi) is 0.504. The minimum Gasteiger partial charge on any atom is -0.320 e. The zero-order valence-electron chi connectivity index (χ0n) is 3.22. The molecule has 0 bridgehead atoms. The summed E-state index contributed by atoms with van der Waals surface area (Å²) in [5, 5.41) is 0. The van der Waals surface area contributed by atoms with E-state index in [0.29, 0.717) is 0 Å². The lowest BCUT2D eigenvalue weighted by Gasteiger charge is -1.66. The summed E-state index contributed by atoms with van der Waals surface area (Å²) in [5.74, 6) is -0.0185. The Morgan fingerprint density at radius 3 is 1.50 bits per heavy atom. The van der Waals surface area contributed by atoms with Gasteiger partial charge in [-0.15, -0.1) is 0 Å². The van der Waals surface area contributed by atoms with Crippen molar-refractivity contribution < 1.29 is 4.79 Å². The Balaban J connectivity index is 2.51. The monoisotopic (exact) mass is 86.0 g/mol. The summed E-state index contributed by atoms with van der Waals surface area (Å²) in [6.07, 6.45) is 0. The van der Waals surface area contributed by atoms with Gasteiger partial charge in [-0.3, -0.25) is 4.79 Å². The van der Waals surface area contributed by atoms with Gasteiger partial charge in [-0.05, 0) is 0 Å². The smallest absolute Gasteiger partial charge is 0.170 e. The first kappa shape index (κ1) is 3.77. The average Bonchev–Trinajstić information content (AvgIpc) is 1.94. The highest BCUT2D eigenvalue weighted by Gasteiger charge is 2.42. The van der Waals surface area contributed by atoms with Crippen molar-refractivity contribution in [2.45, 2.75) is 12.1 Å². The molecule has 0 heterocycles. The van der Waals surface area contributed by atoms with Crippen molar-refractivity contribution in [2.24, 2.45) is 11.5 Å². The fraction of sp³-hybridized carbons (Fsp3) is 0.667. The molecule has 1 fully saturated rings. The molecule has 2 unspecified atom stereocenters. The first-order valence-electron chi connectivity index (χ1n) is 1.78. The second-order valence-electron chi connectivity index (χ2n) is 1.45. The van der Waals surface area contributed by atoms with E-state index in [0.717, 1.165) is 0 Å². The van der Waals surface area contributed by atoms with Crippen molar-refractivity contribution in [1.29, 1.82) is 0 Å². The van der Waals surface area contributed by atoms with Gasteiger partial charge in [0.2, 0.25) is 0 Å². The van der Waals surface area contributed by atoms with Crippen LogP contribution in [0.15, 0.2) is 0 Å². The van der Waals surface area contributed by atoms with Gasteiger partial charge in [-0.1, -0.05) is 0 Å². The molecule has 0 aliphatic heterocycles. The Labute approximate surface area is 35.3 Å². The van der Waals surface area contributed by atoms with E-state index in [4.69, 9.17) is 11.5 Å². The predicted molar refractivity (Wildman–Crippen MR) is 21.0 cm³/mol. The van der Waals surface area contributed by atoms with Crippen LogP contribution in [0.25, 0.3) is 0 Å². The Bertz CT molecular complexity index is 80.8. The Morgan fingerprint density at radius 1 is 1.33 bits per heavy atom. The Hall–Kier alpha value is -0.410. The van der Waals surface area contributed by atoms with E-state index < -0.39 is 0 Å². The number of Topliss-reactive ketones (excluding diaryl/α,β-unsaturated/α-hetero) is 1. The lowest BCUT2D eigenvalue weighted by molar-refractivity contribution is -0.110. The number of nitrogens with two attached hydrogens (primary N) is 2. The first-order valence-corrected chi connectivity index (χ1v) is 1.78. The lowest BCUT2D eigenvalue weighted by Crippen LogP contribution is -2.12. The van der Waals surface area contributed by atoms with Crippen molar-refractivity contribution in [3.05, 3.63) is 0 Å². The molecule has 1 rings (SSSR count). The van der Waals surface area contributed by atoms with Gasteiger partial charge in [0, 0.05) is 0 Å². The number of ketones is 1. The van der Waals surface area contributed by atoms with Crippen LogP contribution in [-0.2, 0) is 4.79 Å². The van der Waals surface area contributed by atoms with Gasteiger partial charge in [0.05, 0.1) is 12.1 Å². The molecule has 0 amide bonds. The summed E-state index contributed by atoms with van der Waals surface area (Å²) in [5.41, 5.74) is 10.1. The maximum absolute atomic E-state index is 9.97. The maximum atomic E-state index is 9.97. The molecule has 6 heavy (non-hydrogen) atoms. The van der Waals surface area contributed by atoms with Crippen molar-refractivity contribution in [1.82, 2.24) is 0 Å². The highest BCUT2D eigenvalue weighted by molar-refractivity contribution is 6.06. The molecule has 0 spiro atoms. The standard InChI is InChI=1S/C3H6N2O/c4-1-2(5)3(1)6/h1-2H,4-5H2. The zero-order chi connectivity index (χ0) is 4.73. The van der Waals surface area contributed by atoms with E-state index >= 15 is 0 Å². The second-order valence-corrected chi connectivity index (χ2v) is 1.45. The summed E-state index contributed by atoms with van der Waals surface area (Å²) in [4.78, 5) is 9.97. The van der Waals surface area contributed by atoms with Gasteiger partial charge < -0.3 is 11.5 Å². The molecule has 34 valence electrons. The van der Waals surface area contributed by atoms with Gasteiger partial charge >= 0.3 is 0 Å². The molecule has 3 heteroatoms. The van der Waals surface area contributed by atoms with Crippen molar-refractivity contribution in [3.8, 4) is 0 Å². The van der Waals surface area contributed by atoms with Crippen LogP contribution in [0.1, 0.15) is 0 Å². The summed E-state index contributed by atoms with van der Waals surface area (Å²) in [7, 11) is 0. The van der Waals surface area contributed by atoms with E-state index in [-0.39, 0.29) is 17.9 Å². The average molecular weight is 86.1 g/mol. The van der Waals surface area contributed by atoms with Crippen LogP contribution in [0.3, 0.4) is 0 Å². The number of carbonyl (C=O) groups excluding carboxylic acids is 1. The van der Waals surface area contributed by atoms with Crippen LogP contribution in [0.4, 0.5) is 0 Å². The Morgan fingerprint density at radius 2 is 1.50 bits per heavy atom. The van der Waals surface area contributed by atoms with E-state index in [1.54, 1.807) is 0 Å². The quantitative estimate of drug-likeness (QED) is 0.366. The van der Waals surface area contributed by atoms with Crippen molar-refractivity contribution >= 4 is 5.78 Å². The molecule has 0 aromatic heterocycles.